The van der Waals surface area contributed by atoms with Gasteiger partial charge in [0.2, 0.25) is 10.0 Å². The van der Waals surface area contributed by atoms with Gasteiger partial charge in [-0.25, -0.2) is 12.8 Å². The Labute approximate surface area is 123 Å². The Bertz CT molecular complexity index is 650. The molecule has 0 bridgehead atoms. The number of benzene rings is 1. The molecule has 6 nitrogen and oxygen atoms in total. The summed E-state index contributed by atoms with van der Waals surface area (Å²) in [7, 11) is -4.13. The maximum absolute atomic E-state index is 13.0. The number of aliphatic carboxylic acids is 1. The van der Waals surface area contributed by atoms with Crippen LogP contribution in [0.4, 0.5) is 4.39 Å². The van der Waals surface area contributed by atoms with E-state index < -0.39 is 34.0 Å². The second kappa shape index (κ2) is 5.40. The molecule has 9 heteroatoms. The third kappa shape index (κ3) is 2.71. The SMILES string of the molecule is O=C(O)[C@@H]1C[C@H](O)CN1S(=O)(=O)c1ccc(F)cc1Br. The standard InChI is InChI=1S/C11H11BrFNO5S/c12-8-3-6(13)1-2-10(8)20(18,19)14-5-7(15)4-9(14)11(16)17/h1-3,7,9,15H,4-5H2,(H,16,17)/t7-,9-/m0/s1. The summed E-state index contributed by atoms with van der Waals surface area (Å²) in [4.78, 5) is 10.8. The van der Waals surface area contributed by atoms with Crippen molar-refractivity contribution in [3.8, 4) is 0 Å². The normalized spacial score (nSPS) is 23.9. The summed E-state index contributed by atoms with van der Waals surface area (Å²) in [6, 6.07) is 1.68. The molecule has 2 atom stereocenters. The number of sulfonamides is 1. The zero-order valence-corrected chi connectivity index (χ0v) is 12.4. The molecule has 0 amide bonds. The molecule has 0 unspecified atom stereocenters. The number of halogens is 2. The van der Waals surface area contributed by atoms with E-state index in [0.717, 1.165) is 22.5 Å². The first-order valence-electron chi connectivity index (χ1n) is 5.61. The maximum atomic E-state index is 13.0. The Morgan fingerprint density at radius 1 is 1.45 bits per heavy atom. The lowest BCUT2D eigenvalue weighted by Crippen LogP contribution is -2.40. The molecule has 0 aliphatic carbocycles. The molecule has 0 radical (unpaired) electrons. The lowest BCUT2D eigenvalue weighted by molar-refractivity contribution is -0.140. The summed E-state index contributed by atoms with van der Waals surface area (Å²) < 4.78 is 38.6. The number of carboxylic acids is 1. The lowest BCUT2D eigenvalue weighted by atomic mass is 10.2. The van der Waals surface area contributed by atoms with Crippen molar-refractivity contribution in [2.45, 2.75) is 23.5 Å². The molecule has 2 N–H and O–H groups in total. The van der Waals surface area contributed by atoms with Crippen LogP contribution in [0.2, 0.25) is 0 Å². The van der Waals surface area contributed by atoms with Crippen molar-refractivity contribution in [1.82, 2.24) is 4.31 Å². The molecule has 1 fully saturated rings. The van der Waals surface area contributed by atoms with Crippen molar-refractivity contribution in [3.05, 3.63) is 28.5 Å². The number of aliphatic hydroxyl groups is 1. The van der Waals surface area contributed by atoms with Crippen LogP contribution in [-0.4, -0.2) is 47.6 Å². The first-order chi connectivity index (χ1) is 9.23. The predicted octanol–water partition coefficient (Wildman–Crippen LogP) is 0.797. The number of aliphatic hydroxyl groups excluding tert-OH is 1. The Hall–Kier alpha value is -1.03. The number of rotatable bonds is 3. The van der Waals surface area contributed by atoms with E-state index in [0.29, 0.717) is 0 Å². The van der Waals surface area contributed by atoms with Crippen LogP contribution in [0.1, 0.15) is 6.42 Å². The molecule has 1 aromatic rings. The third-order valence-corrected chi connectivity index (χ3v) is 5.85. The second-order valence-corrected chi connectivity index (χ2v) is 7.11. The predicted molar refractivity (Wildman–Crippen MR) is 70.0 cm³/mol. The molecule has 110 valence electrons. The van der Waals surface area contributed by atoms with Gasteiger partial charge >= 0.3 is 5.97 Å². The van der Waals surface area contributed by atoms with Gasteiger partial charge < -0.3 is 10.2 Å². The maximum Gasteiger partial charge on any atom is 0.322 e. The minimum atomic E-state index is -4.13. The van der Waals surface area contributed by atoms with Crippen molar-refractivity contribution < 1.29 is 27.8 Å². The van der Waals surface area contributed by atoms with Gasteiger partial charge in [-0.15, -0.1) is 0 Å². The molecule has 1 aliphatic rings. The average Bonchev–Trinajstić information content (AvgIpc) is 2.71. The first kappa shape index (κ1) is 15.4. The van der Waals surface area contributed by atoms with Crippen LogP contribution in [0.5, 0.6) is 0 Å². The Morgan fingerprint density at radius 2 is 2.10 bits per heavy atom. The molecule has 1 aliphatic heterocycles. The number of carbonyl (C=O) groups is 1. The van der Waals surface area contributed by atoms with Crippen molar-refractivity contribution >= 4 is 31.9 Å². The fraction of sp³-hybridized carbons (Fsp3) is 0.364. The van der Waals surface area contributed by atoms with E-state index in [2.05, 4.69) is 15.9 Å². The van der Waals surface area contributed by atoms with E-state index in [1.165, 1.54) is 0 Å². The first-order valence-corrected chi connectivity index (χ1v) is 7.84. The topological polar surface area (TPSA) is 94.9 Å². The highest BCUT2D eigenvalue weighted by molar-refractivity contribution is 9.10. The van der Waals surface area contributed by atoms with Gasteiger partial charge in [-0.2, -0.15) is 4.31 Å². The van der Waals surface area contributed by atoms with Crippen LogP contribution in [-0.2, 0) is 14.8 Å². The number of hydrogen-bond acceptors (Lipinski definition) is 4. The highest BCUT2D eigenvalue weighted by atomic mass is 79.9. The molecular weight excluding hydrogens is 357 g/mol. The summed E-state index contributed by atoms with van der Waals surface area (Å²) in [5.74, 6) is -1.95. The summed E-state index contributed by atoms with van der Waals surface area (Å²) >= 11 is 2.95. The van der Waals surface area contributed by atoms with E-state index in [1.807, 2.05) is 0 Å². The lowest BCUT2D eigenvalue weighted by Gasteiger charge is -2.21. The smallest absolute Gasteiger partial charge is 0.322 e. The van der Waals surface area contributed by atoms with Crippen LogP contribution in [0.3, 0.4) is 0 Å². The highest BCUT2D eigenvalue weighted by Gasteiger charge is 2.44. The summed E-state index contributed by atoms with van der Waals surface area (Å²) in [5, 5.41) is 18.5. The minimum absolute atomic E-state index is 0.00280. The number of hydrogen-bond donors (Lipinski definition) is 2. The second-order valence-electron chi connectivity index (χ2n) is 4.39. The summed E-state index contributed by atoms with van der Waals surface area (Å²) in [5.41, 5.74) is 0. The van der Waals surface area contributed by atoms with E-state index in [1.54, 1.807) is 0 Å². The molecule has 2 rings (SSSR count). The van der Waals surface area contributed by atoms with Gasteiger partial charge in [-0.1, -0.05) is 0 Å². The van der Waals surface area contributed by atoms with Crippen molar-refractivity contribution in [3.63, 3.8) is 0 Å². The average molecular weight is 368 g/mol. The van der Waals surface area contributed by atoms with Crippen molar-refractivity contribution in [2.75, 3.05) is 6.54 Å². The summed E-state index contributed by atoms with van der Waals surface area (Å²) in [6.07, 6.45) is -1.21. The van der Waals surface area contributed by atoms with Gasteiger partial charge in [0.05, 0.1) is 11.0 Å². The number of carboxylic acid groups (broad SMARTS) is 1. The quantitative estimate of drug-likeness (QED) is 0.823. The molecule has 0 aromatic heterocycles. The third-order valence-electron chi connectivity index (χ3n) is 3.00. The zero-order valence-electron chi connectivity index (χ0n) is 10.0. The summed E-state index contributed by atoms with van der Waals surface area (Å²) in [6.45, 7) is -0.302. The van der Waals surface area contributed by atoms with Crippen LogP contribution < -0.4 is 0 Å². The minimum Gasteiger partial charge on any atom is -0.480 e. The van der Waals surface area contributed by atoms with Gasteiger partial charge in [0, 0.05) is 17.4 Å². The molecule has 0 spiro atoms. The van der Waals surface area contributed by atoms with Crippen molar-refractivity contribution in [2.24, 2.45) is 0 Å². The van der Waals surface area contributed by atoms with Crippen LogP contribution >= 0.6 is 15.9 Å². The molecule has 20 heavy (non-hydrogen) atoms. The largest absolute Gasteiger partial charge is 0.480 e. The van der Waals surface area contributed by atoms with Crippen LogP contribution in [0, 0.1) is 5.82 Å². The molecule has 1 saturated heterocycles. The number of β-amino-alcohol motifs (C(OH)–C–C–N with tert-alkyl or cyclic N) is 1. The molecule has 0 saturated carbocycles. The fourth-order valence-corrected chi connectivity index (χ4v) is 4.73. The Morgan fingerprint density at radius 3 is 2.65 bits per heavy atom. The van der Waals surface area contributed by atoms with E-state index in [-0.39, 0.29) is 22.3 Å². The van der Waals surface area contributed by atoms with Gasteiger partial charge in [0.25, 0.3) is 0 Å². The molecule has 1 aromatic carbocycles. The highest BCUT2D eigenvalue weighted by Crippen LogP contribution is 2.31. The molecular formula is C11H11BrFNO5S. The fourth-order valence-electron chi connectivity index (χ4n) is 2.09. The van der Waals surface area contributed by atoms with E-state index in [9.17, 15) is 22.7 Å². The van der Waals surface area contributed by atoms with Gasteiger partial charge in [-0.3, -0.25) is 4.79 Å². The van der Waals surface area contributed by atoms with E-state index in [4.69, 9.17) is 5.11 Å². The van der Waals surface area contributed by atoms with Crippen LogP contribution in [0.25, 0.3) is 0 Å². The Balaban J connectivity index is 2.46. The zero-order chi connectivity index (χ0) is 15.1. The number of nitrogens with zero attached hydrogens (tertiary/aromatic N) is 1. The van der Waals surface area contributed by atoms with Crippen molar-refractivity contribution in [1.29, 1.82) is 0 Å². The van der Waals surface area contributed by atoms with Crippen LogP contribution in [0.15, 0.2) is 27.6 Å². The molecule has 1 heterocycles. The van der Waals surface area contributed by atoms with Gasteiger partial charge in [0.15, 0.2) is 0 Å². The monoisotopic (exact) mass is 367 g/mol. The Kier molecular flexibility index (Phi) is 4.14. The van der Waals surface area contributed by atoms with Gasteiger partial charge in [0.1, 0.15) is 11.9 Å². The van der Waals surface area contributed by atoms with E-state index >= 15 is 0 Å². The van der Waals surface area contributed by atoms with Gasteiger partial charge in [-0.05, 0) is 34.1 Å².